The molecule has 0 aromatic heterocycles. The van der Waals surface area contributed by atoms with Crippen LogP contribution in [0.25, 0.3) is 21.5 Å². The number of rotatable bonds is 0. The van der Waals surface area contributed by atoms with Gasteiger partial charge in [0.25, 0.3) is 0 Å². The molecule has 0 unspecified atom stereocenters. The predicted octanol–water partition coefficient (Wildman–Crippen LogP) is 7.68. The molecule has 24 heavy (non-hydrogen) atoms. The Balaban J connectivity index is 0.000000647. The summed E-state index contributed by atoms with van der Waals surface area (Å²) >= 11 is -0.826. The summed E-state index contributed by atoms with van der Waals surface area (Å²) in [5.74, 6) is 0. The standard InChI is InChI=1S/C21H25.2ClH.Zr/c1-20(2,3)16-7-9-18-14(12-16)11-15-13-17(21(4,5)6)8-10-19(15)18;;;/h7-13H,1-6H3;2*1H;/q-1;;;+2/p-2. The molecule has 0 saturated carbocycles. The number of hydrogen-bond acceptors (Lipinski definition) is 0. The van der Waals surface area contributed by atoms with E-state index in [4.69, 9.17) is 17.0 Å². The van der Waals surface area contributed by atoms with Crippen LogP contribution in [0.1, 0.15) is 52.7 Å². The van der Waals surface area contributed by atoms with Gasteiger partial charge in [-0.1, -0.05) is 76.9 Å². The second kappa shape index (κ2) is 7.57. The van der Waals surface area contributed by atoms with Crippen LogP contribution < -0.4 is 0 Å². The summed E-state index contributed by atoms with van der Waals surface area (Å²) in [4.78, 5) is 0. The average Bonchev–Trinajstić information content (AvgIpc) is 2.82. The maximum absolute atomic E-state index is 4.93. The molecule has 0 amide bonds. The van der Waals surface area contributed by atoms with Gasteiger partial charge in [0.05, 0.1) is 0 Å². The van der Waals surface area contributed by atoms with Gasteiger partial charge in [-0.15, -0.1) is 39.7 Å². The molecule has 128 valence electrons. The van der Waals surface area contributed by atoms with Gasteiger partial charge in [-0.25, -0.2) is 0 Å². The van der Waals surface area contributed by atoms with Crippen molar-refractivity contribution < 1.29 is 20.8 Å². The SMILES string of the molecule is CC(C)(C)c1ccc2c(c1)[cH-]c1cc(C(C)(C)C)ccc12.[Cl][Zr][Cl]. The fraction of sp³-hybridized carbons (Fsp3) is 0.381. The molecular weight excluding hydrogens is 414 g/mol. The summed E-state index contributed by atoms with van der Waals surface area (Å²) in [6.45, 7) is 13.6. The molecule has 0 radical (unpaired) electrons. The van der Waals surface area contributed by atoms with E-state index in [1.54, 1.807) is 0 Å². The van der Waals surface area contributed by atoms with Gasteiger partial charge in [0.1, 0.15) is 0 Å². The Bertz CT molecular complexity index is 764. The Morgan fingerprint density at radius 3 is 1.33 bits per heavy atom. The van der Waals surface area contributed by atoms with Crippen molar-refractivity contribution in [1.29, 1.82) is 0 Å². The summed E-state index contributed by atoms with van der Waals surface area (Å²) in [5, 5.41) is 5.48. The maximum atomic E-state index is 4.93. The van der Waals surface area contributed by atoms with Crippen LogP contribution in [0.3, 0.4) is 0 Å². The molecule has 3 aromatic carbocycles. The molecule has 0 saturated heterocycles. The van der Waals surface area contributed by atoms with Crippen LogP contribution in [0.2, 0.25) is 0 Å². The monoisotopic (exact) mass is 437 g/mol. The van der Waals surface area contributed by atoms with Crippen LogP contribution in [0.4, 0.5) is 0 Å². The summed E-state index contributed by atoms with van der Waals surface area (Å²) in [7, 11) is 9.87. The molecule has 0 fully saturated rings. The average molecular weight is 440 g/mol. The van der Waals surface area contributed by atoms with Crippen molar-refractivity contribution in [1.82, 2.24) is 0 Å². The molecule has 0 nitrogen and oxygen atoms in total. The van der Waals surface area contributed by atoms with Crippen molar-refractivity contribution in [3.8, 4) is 0 Å². The Morgan fingerprint density at radius 2 is 1.04 bits per heavy atom. The summed E-state index contributed by atoms with van der Waals surface area (Å²) in [6, 6.07) is 16.2. The molecule has 0 atom stereocenters. The second-order valence-electron chi connectivity index (χ2n) is 8.32. The fourth-order valence-corrected chi connectivity index (χ4v) is 2.96. The van der Waals surface area contributed by atoms with E-state index >= 15 is 0 Å². The van der Waals surface area contributed by atoms with Gasteiger partial charge in [0.2, 0.25) is 0 Å². The number of fused-ring (bicyclic) bond motifs is 3. The van der Waals surface area contributed by atoms with E-state index < -0.39 is 20.8 Å². The van der Waals surface area contributed by atoms with E-state index in [9.17, 15) is 0 Å². The van der Waals surface area contributed by atoms with Crippen molar-refractivity contribution in [3.05, 3.63) is 53.6 Å². The minimum absolute atomic E-state index is 0.203. The van der Waals surface area contributed by atoms with E-state index in [-0.39, 0.29) is 10.8 Å². The minimum atomic E-state index is -0.826. The van der Waals surface area contributed by atoms with Crippen molar-refractivity contribution in [3.63, 3.8) is 0 Å². The Kier molecular flexibility index (Phi) is 6.33. The third-order valence-electron chi connectivity index (χ3n) is 4.44. The van der Waals surface area contributed by atoms with E-state index in [0.717, 1.165) is 0 Å². The summed E-state index contributed by atoms with van der Waals surface area (Å²) in [6.07, 6.45) is 0. The molecule has 3 rings (SSSR count). The first-order valence-electron chi connectivity index (χ1n) is 8.18. The topological polar surface area (TPSA) is 0 Å². The molecule has 3 aromatic rings. The molecule has 0 heterocycles. The first-order valence-corrected chi connectivity index (χ1v) is 14.5. The molecule has 0 aliphatic carbocycles. The molecular formula is C21H25Cl2Zr-. The van der Waals surface area contributed by atoms with E-state index in [0.29, 0.717) is 0 Å². The van der Waals surface area contributed by atoms with Gasteiger partial charge < -0.3 is 0 Å². The fourth-order valence-electron chi connectivity index (χ4n) is 2.96. The molecule has 0 aliphatic heterocycles. The third kappa shape index (κ3) is 4.48. The van der Waals surface area contributed by atoms with E-state index in [1.807, 2.05) is 0 Å². The van der Waals surface area contributed by atoms with Gasteiger partial charge in [-0.3, -0.25) is 0 Å². The number of hydrogen-bond donors (Lipinski definition) is 0. The molecule has 0 bridgehead atoms. The van der Waals surface area contributed by atoms with Crippen molar-refractivity contribution in [2.75, 3.05) is 0 Å². The molecule has 0 aliphatic rings. The van der Waals surface area contributed by atoms with Crippen LogP contribution in [0.5, 0.6) is 0 Å². The van der Waals surface area contributed by atoms with E-state index in [2.05, 4.69) is 84.0 Å². The molecule has 0 spiro atoms. The van der Waals surface area contributed by atoms with Gasteiger partial charge >= 0.3 is 37.9 Å². The van der Waals surface area contributed by atoms with Gasteiger partial charge in [0, 0.05) is 0 Å². The second-order valence-corrected chi connectivity index (χ2v) is 12.1. The Hall–Kier alpha value is -0.227. The van der Waals surface area contributed by atoms with Crippen LogP contribution in [-0.4, -0.2) is 0 Å². The number of benzene rings is 2. The first kappa shape index (κ1) is 20.1. The summed E-state index contributed by atoms with van der Waals surface area (Å²) in [5.41, 5.74) is 3.21. The van der Waals surface area contributed by atoms with Crippen LogP contribution in [-0.2, 0) is 31.7 Å². The predicted molar refractivity (Wildman–Crippen MR) is 106 cm³/mol. The van der Waals surface area contributed by atoms with Crippen molar-refractivity contribution >= 4 is 38.6 Å². The molecule has 0 N–H and O–H groups in total. The van der Waals surface area contributed by atoms with E-state index in [1.165, 1.54) is 32.7 Å². The van der Waals surface area contributed by atoms with Crippen molar-refractivity contribution in [2.24, 2.45) is 0 Å². The number of halogens is 2. The zero-order valence-corrected chi connectivity index (χ0v) is 19.3. The first-order chi connectivity index (χ1) is 11.1. The van der Waals surface area contributed by atoms with Gasteiger partial charge in [-0.2, -0.15) is 0 Å². The quantitative estimate of drug-likeness (QED) is 0.315. The summed E-state index contributed by atoms with van der Waals surface area (Å²) < 4.78 is 0. The van der Waals surface area contributed by atoms with Crippen LogP contribution in [0, 0.1) is 0 Å². The zero-order valence-electron chi connectivity index (χ0n) is 15.3. The third-order valence-corrected chi connectivity index (χ3v) is 4.44. The zero-order chi connectivity index (χ0) is 18.1. The Morgan fingerprint density at radius 1 is 0.708 bits per heavy atom. The van der Waals surface area contributed by atoms with Gasteiger partial charge in [-0.05, 0) is 10.8 Å². The van der Waals surface area contributed by atoms with Crippen LogP contribution >= 0.6 is 17.0 Å². The van der Waals surface area contributed by atoms with Crippen LogP contribution in [0.15, 0.2) is 42.5 Å². The van der Waals surface area contributed by atoms with Crippen molar-refractivity contribution in [2.45, 2.75) is 52.4 Å². The normalized spacial score (nSPS) is 12.2. The van der Waals surface area contributed by atoms with Gasteiger partial charge in [0.15, 0.2) is 0 Å². The Labute approximate surface area is 164 Å². The molecule has 3 heteroatoms.